The van der Waals surface area contributed by atoms with Gasteiger partial charge in [-0.15, -0.1) is 0 Å². The number of benzene rings is 1. The van der Waals surface area contributed by atoms with Crippen molar-refractivity contribution >= 4 is 0 Å². The molecule has 7 nitrogen and oxygen atoms in total. The molecule has 0 amide bonds. The van der Waals surface area contributed by atoms with Crippen molar-refractivity contribution < 1.29 is 9.47 Å². The summed E-state index contributed by atoms with van der Waals surface area (Å²) in [6, 6.07) is 14.9. The Kier molecular flexibility index (Phi) is 4.15. The van der Waals surface area contributed by atoms with Crippen LogP contribution in [0.2, 0.25) is 0 Å². The van der Waals surface area contributed by atoms with Crippen LogP contribution in [0.3, 0.4) is 0 Å². The number of hydrogen-bond acceptors (Lipinski definition) is 5. The Morgan fingerprint density at radius 2 is 1.87 bits per heavy atom. The average Bonchev–Trinajstić information content (AvgIpc) is 3.20. The molecule has 1 aliphatic carbocycles. The molecule has 2 aromatic heterocycles. The molecule has 2 N–H and O–H groups in total. The average molecular weight is 413 g/mol. The number of nitrogens with zero attached hydrogens (tertiary/aromatic N) is 4. The summed E-state index contributed by atoms with van der Waals surface area (Å²) in [4.78, 5) is 0. The van der Waals surface area contributed by atoms with Crippen LogP contribution >= 0.6 is 0 Å². The molecule has 2 unspecified atom stereocenters. The van der Waals surface area contributed by atoms with E-state index in [1.54, 1.807) is 0 Å². The molecule has 31 heavy (non-hydrogen) atoms. The van der Waals surface area contributed by atoms with Gasteiger partial charge in [-0.1, -0.05) is 12.1 Å². The normalized spacial score (nSPS) is 22.8. The van der Waals surface area contributed by atoms with E-state index in [2.05, 4.69) is 34.9 Å². The van der Waals surface area contributed by atoms with Gasteiger partial charge >= 0.3 is 0 Å². The van der Waals surface area contributed by atoms with Gasteiger partial charge in [0.2, 0.25) is 11.8 Å². The van der Waals surface area contributed by atoms with Crippen LogP contribution in [-0.2, 0) is 4.74 Å². The maximum atomic E-state index is 9.98. The van der Waals surface area contributed by atoms with Crippen molar-refractivity contribution in [1.82, 2.24) is 14.3 Å². The van der Waals surface area contributed by atoms with Crippen molar-refractivity contribution in [3.63, 3.8) is 0 Å². The monoisotopic (exact) mass is 413 g/mol. The van der Waals surface area contributed by atoms with Gasteiger partial charge in [0.25, 0.3) is 0 Å². The highest BCUT2D eigenvalue weighted by Crippen LogP contribution is 2.50. The summed E-state index contributed by atoms with van der Waals surface area (Å²) in [5.74, 6) is 0.512. The third-order valence-corrected chi connectivity index (χ3v) is 6.36. The van der Waals surface area contributed by atoms with Crippen LogP contribution in [0.1, 0.15) is 60.6 Å². The summed E-state index contributed by atoms with van der Waals surface area (Å²) < 4.78 is 16.0. The van der Waals surface area contributed by atoms with Crippen molar-refractivity contribution in [2.75, 3.05) is 6.61 Å². The molecule has 7 heteroatoms. The zero-order valence-electron chi connectivity index (χ0n) is 17.1. The predicted octanol–water partition coefficient (Wildman–Crippen LogP) is 4.08. The Balaban J connectivity index is 1.50. The molecule has 1 aromatic carbocycles. The smallest absolute Gasteiger partial charge is 0.224 e. The van der Waals surface area contributed by atoms with Crippen molar-refractivity contribution in [2.24, 2.45) is 5.73 Å². The quantitative estimate of drug-likeness (QED) is 0.696. The molecule has 0 radical (unpaired) electrons. The summed E-state index contributed by atoms with van der Waals surface area (Å²) in [5.41, 5.74) is 10.5. The Labute approximate surface area is 180 Å². The van der Waals surface area contributed by atoms with Gasteiger partial charge in [0.15, 0.2) is 0 Å². The fourth-order valence-corrected chi connectivity index (χ4v) is 4.66. The van der Waals surface area contributed by atoms with E-state index in [1.807, 2.05) is 29.2 Å². The number of nitrogens with two attached hydrogens (primary N) is 1. The summed E-state index contributed by atoms with van der Waals surface area (Å²) in [6.07, 6.45) is 8.04. The van der Waals surface area contributed by atoms with E-state index in [4.69, 9.17) is 20.3 Å². The highest BCUT2D eigenvalue weighted by Gasteiger charge is 2.42. The maximum Gasteiger partial charge on any atom is 0.224 e. The minimum Gasteiger partial charge on any atom is -0.422 e. The lowest BCUT2D eigenvalue weighted by Gasteiger charge is -2.26. The highest BCUT2D eigenvalue weighted by atomic mass is 16.5. The second-order valence-corrected chi connectivity index (χ2v) is 8.39. The fraction of sp³-hybridized carbons (Fsp3) is 0.333. The van der Waals surface area contributed by atoms with E-state index >= 15 is 0 Å². The minimum atomic E-state index is -0.320. The topological polar surface area (TPSA) is 91.0 Å². The van der Waals surface area contributed by atoms with E-state index in [1.165, 1.54) is 0 Å². The van der Waals surface area contributed by atoms with E-state index < -0.39 is 0 Å². The lowest BCUT2D eigenvalue weighted by atomic mass is 9.83. The molecule has 2 fully saturated rings. The third kappa shape index (κ3) is 2.94. The van der Waals surface area contributed by atoms with Crippen molar-refractivity contribution in [3.8, 4) is 17.6 Å². The lowest BCUT2D eigenvalue weighted by molar-refractivity contribution is 0.107. The van der Waals surface area contributed by atoms with Crippen LogP contribution in [0.25, 0.3) is 5.69 Å². The van der Waals surface area contributed by atoms with Crippen LogP contribution in [0.15, 0.2) is 60.2 Å². The first-order valence-electron chi connectivity index (χ1n) is 10.8. The van der Waals surface area contributed by atoms with Crippen molar-refractivity contribution in [3.05, 3.63) is 77.1 Å². The van der Waals surface area contributed by atoms with Crippen LogP contribution in [0.5, 0.6) is 5.88 Å². The Bertz CT molecular complexity index is 1190. The number of allylic oxidation sites excluding steroid dienone is 1. The minimum absolute atomic E-state index is 0.0711. The number of ether oxygens (including phenoxy) is 2. The second kappa shape index (κ2) is 7.03. The Hall–Kier alpha value is -3.50. The van der Waals surface area contributed by atoms with Crippen molar-refractivity contribution in [1.29, 1.82) is 5.26 Å². The zero-order valence-corrected chi connectivity index (χ0v) is 17.1. The predicted molar refractivity (Wildman–Crippen MR) is 113 cm³/mol. The summed E-state index contributed by atoms with van der Waals surface area (Å²) in [6.45, 7) is 0.732. The van der Waals surface area contributed by atoms with Gasteiger partial charge in [0.05, 0.1) is 23.2 Å². The molecule has 3 aliphatic rings. The molecule has 1 saturated heterocycles. The summed E-state index contributed by atoms with van der Waals surface area (Å²) in [7, 11) is 0. The first-order valence-corrected chi connectivity index (χ1v) is 10.8. The molecule has 156 valence electrons. The maximum absolute atomic E-state index is 9.98. The van der Waals surface area contributed by atoms with Crippen LogP contribution < -0.4 is 10.5 Å². The molecule has 2 atom stereocenters. The first-order chi connectivity index (χ1) is 15.2. The number of hydrogen-bond donors (Lipinski definition) is 1. The molecule has 6 rings (SSSR count). The SMILES string of the molecule is N#CC1=C(N)Oc2c(c(C3CCCO3)nn2C2CC2)C1c1ccc(-n2cccc2)cc1. The van der Waals surface area contributed by atoms with E-state index in [9.17, 15) is 5.26 Å². The van der Waals surface area contributed by atoms with E-state index in [0.717, 1.165) is 54.8 Å². The van der Waals surface area contributed by atoms with Gasteiger partial charge in [0, 0.05) is 24.7 Å². The van der Waals surface area contributed by atoms with Gasteiger partial charge in [-0.3, -0.25) is 0 Å². The Morgan fingerprint density at radius 3 is 2.52 bits per heavy atom. The standard InChI is InChI=1S/C24H23N5O2/c25-14-18-20(15-5-7-16(8-6-15)28-11-1-2-12-28)21-22(19-4-3-13-30-19)27-29(17-9-10-17)24(21)31-23(18)26/h1-2,5-8,11-12,17,19-20H,3-4,9-10,13,26H2. The fourth-order valence-electron chi connectivity index (χ4n) is 4.66. The number of fused-ring (bicyclic) bond motifs is 1. The highest BCUT2D eigenvalue weighted by molar-refractivity contribution is 5.57. The number of rotatable bonds is 4. The zero-order chi connectivity index (χ0) is 20.9. The molecule has 0 bridgehead atoms. The van der Waals surface area contributed by atoms with Gasteiger partial charge in [-0.05, 0) is 55.5 Å². The number of nitriles is 1. The van der Waals surface area contributed by atoms with Gasteiger partial charge < -0.3 is 19.8 Å². The number of aromatic nitrogens is 3. The van der Waals surface area contributed by atoms with Crippen LogP contribution in [0, 0.1) is 11.3 Å². The van der Waals surface area contributed by atoms with E-state index in [0.29, 0.717) is 17.5 Å². The van der Waals surface area contributed by atoms with Gasteiger partial charge in [-0.25, -0.2) is 4.68 Å². The molecule has 0 spiro atoms. The van der Waals surface area contributed by atoms with Gasteiger partial charge in [0.1, 0.15) is 17.7 Å². The first kappa shape index (κ1) is 18.3. The summed E-state index contributed by atoms with van der Waals surface area (Å²) >= 11 is 0. The van der Waals surface area contributed by atoms with Crippen LogP contribution in [0.4, 0.5) is 0 Å². The Morgan fingerprint density at radius 1 is 1.10 bits per heavy atom. The molecular formula is C24H23N5O2. The molecule has 4 heterocycles. The van der Waals surface area contributed by atoms with Gasteiger partial charge in [-0.2, -0.15) is 10.4 Å². The summed E-state index contributed by atoms with van der Waals surface area (Å²) in [5, 5.41) is 14.9. The molecule has 3 aromatic rings. The second-order valence-electron chi connectivity index (χ2n) is 8.39. The van der Waals surface area contributed by atoms with Crippen LogP contribution in [-0.4, -0.2) is 21.0 Å². The lowest BCUT2D eigenvalue weighted by Crippen LogP contribution is -2.22. The van der Waals surface area contributed by atoms with Crippen molar-refractivity contribution in [2.45, 2.75) is 43.7 Å². The molecular weight excluding hydrogens is 390 g/mol. The van der Waals surface area contributed by atoms with E-state index in [-0.39, 0.29) is 17.9 Å². The largest absolute Gasteiger partial charge is 0.422 e. The molecule has 2 aliphatic heterocycles. The molecule has 1 saturated carbocycles. The third-order valence-electron chi connectivity index (χ3n) is 6.36.